The Kier molecular flexibility index (Phi) is 3.98. The third kappa shape index (κ3) is 4.71. The molecule has 0 N–H and O–H groups in total. The average Bonchev–Trinajstić information content (AvgIpc) is 2.03. The molecule has 1 rings (SSSR count). The normalized spacial score (nSPS) is 28.4. The summed E-state index contributed by atoms with van der Waals surface area (Å²) < 4.78 is 86.9. The van der Waals surface area contributed by atoms with Crippen molar-refractivity contribution in [1.29, 1.82) is 0 Å². The smallest absolute Gasteiger partial charge is 0.243 e. The number of rotatable bonds is 2. The Bertz CT molecular complexity index is 254. The van der Waals surface area contributed by atoms with Gasteiger partial charge in [0, 0.05) is 5.92 Å². The van der Waals surface area contributed by atoms with Gasteiger partial charge in [0.2, 0.25) is 0 Å². The van der Waals surface area contributed by atoms with E-state index in [1.54, 1.807) is 0 Å². The maximum atomic E-state index is 14.0. The van der Waals surface area contributed by atoms with Crippen LogP contribution in [0.3, 0.4) is 0 Å². The minimum Gasteiger partial charge on any atom is -0.243 e. The first-order valence-corrected chi connectivity index (χ1v) is 5.19. The molecule has 0 spiro atoms. The van der Waals surface area contributed by atoms with E-state index in [1.807, 2.05) is 0 Å². The van der Waals surface area contributed by atoms with E-state index >= 15 is 0 Å². The van der Waals surface area contributed by atoms with Gasteiger partial charge in [-0.15, -0.1) is 0 Å². The average molecular weight is 265 g/mol. The Hall–Kier alpha value is -0.490. The highest BCUT2D eigenvalue weighted by atomic mass is 19.4. The Morgan fingerprint density at radius 1 is 0.941 bits per heavy atom. The second kappa shape index (κ2) is 4.65. The fraction of sp³-hybridized carbons (Fsp3) is 0.900. The van der Waals surface area contributed by atoms with Crippen LogP contribution in [0.4, 0.5) is 30.7 Å². The van der Waals surface area contributed by atoms with Crippen molar-refractivity contribution in [1.82, 2.24) is 0 Å². The summed E-state index contributed by atoms with van der Waals surface area (Å²) in [5.74, 6) is -0.659. The summed E-state index contributed by atoms with van der Waals surface area (Å²) in [5, 5.41) is 0. The SMILES string of the molecule is FC(F)(F)C[C]1CCCCC1(F)CC(F)(F)F. The fourth-order valence-electron chi connectivity index (χ4n) is 2.16. The predicted molar refractivity (Wildman–Crippen MR) is 46.9 cm³/mol. The van der Waals surface area contributed by atoms with Gasteiger partial charge in [-0.2, -0.15) is 26.3 Å². The van der Waals surface area contributed by atoms with Gasteiger partial charge in [0.1, 0.15) is 5.67 Å². The lowest BCUT2D eigenvalue weighted by molar-refractivity contribution is -0.173. The zero-order valence-electron chi connectivity index (χ0n) is 8.89. The molecule has 101 valence electrons. The molecular weight excluding hydrogens is 253 g/mol. The monoisotopic (exact) mass is 265 g/mol. The van der Waals surface area contributed by atoms with Crippen molar-refractivity contribution < 1.29 is 30.7 Å². The molecule has 7 heteroatoms. The molecule has 1 radical (unpaired) electrons. The van der Waals surface area contributed by atoms with E-state index in [2.05, 4.69) is 0 Å². The zero-order chi connectivity index (χ0) is 13.3. The lowest BCUT2D eigenvalue weighted by Gasteiger charge is -2.38. The Balaban J connectivity index is 2.77. The third-order valence-corrected chi connectivity index (χ3v) is 2.83. The summed E-state index contributed by atoms with van der Waals surface area (Å²) in [6.45, 7) is 0. The van der Waals surface area contributed by atoms with Gasteiger partial charge in [0.15, 0.2) is 0 Å². The first-order chi connectivity index (χ1) is 7.52. The van der Waals surface area contributed by atoms with Crippen LogP contribution in [0.25, 0.3) is 0 Å². The van der Waals surface area contributed by atoms with E-state index in [9.17, 15) is 30.7 Å². The van der Waals surface area contributed by atoms with E-state index in [0.29, 0.717) is 6.42 Å². The molecule has 1 unspecified atom stereocenters. The molecule has 1 atom stereocenters. The molecule has 1 aliphatic carbocycles. The van der Waals surface area contributed by atoms with Gasteiger partial charge in [0.05, 0.1) is 12.8 Å². The van der Waals surface area contributed by atoms with Crippen LogP contribution < -0.4 is 0 Å². The Morgan fingerprint density at radius 2 is 1.53 bits per heavy atom. The topological polar surface area (TPSA) is 0 Å². The third-order valence-electron chi connectivity index (χ3n) is 2.83. The van der Waals surface area contributed by atoms with Crippen molar-refractivity contribution in [3.05, 3.63) is 5.92 Å². The number of hydrogen-bond acceptors (Lipinski definition) is 0. The van der Waals surface area contributed by atoms with Crippen molar-refractivity contribution in [2.75, 3.05) is 0 Å². The van der Waals surface area contributed by atoms with Crippen LogP contribution in [0.1, 0.15) is 38.5 Å². The van der Waals surface area contributed by atoms with Gasteiger partial charge in [-0.05, 0) is 12.8 Å². The van der Waals surface area contributed by atoms with E-state index in [0.717, 1.165) is 0 Å². The summed E-state index contributed by atoms with van der Waals surface area (Å²) in [5.41, 5.74) is -2.84. The summed E-state index contributed by atoms with van der Waals surface area (Å²) in [6, 6.07) is 0. The van der Waals surface area contributed by atoms with Gasteiger partial charge in [-0.1, -0.05) is 12.8 Å². The zero-order valence-corrected chi connectivity index (χ0v) is 8.89. The molecule has 0 aliphatic heterocycles. The second-order valence-electron chi connectivity index (χ2n) is 4.36. The Morgan fingerprint density at radius 3 is 2.00 bits per heavy atom. The largest absolute Gasteiger partial charge is 0.392 e. The molecule has 0 saturated heterocycles. The summed E-state index contributed by atoms with van der Waals surface area (Å²) in [6.07, 6.45) is -13.0. The molecule has 1 aliphatic rings. The Labute approximate surface area is 94.2 Å². The van der Waals surface area contributed by atoms with Crippen LogP contribution in [0, 0.1) is 5.92 Å². The molecule has 0 nitrogen and oxygen atoms in total. The van der Waals surface area contributed by atoms with Crippen molar-refractivity contribution in [2.45, 2.75) is 56.5 Å². The minimum atomic E-state index is -4.79. The summed E-state index contributed by atoms with van der Waals surface area (Å²) in [4.78, 5) is 0. The highest BCUT2D eigenvalue weighted by Crippen LogP contribution is 2.49. The standard InChI is InChI=1S/C10H12F7/c11-8(6-10(15,16)17)4-2-1-3-7(8)5-9(12,13)14/h1-6H2. The van der Waals surface area contributed by atoms with Crippen LogP contribution in [-0.2, 0) is 0 Å². The van der Waals surface area contributed by atoms with Gasteiger partial charge >= 0.3 is 12.4 Å². The lowest BCUT2D eigenvalue weighted by Crippen LogP contribution is -2.41. The van der Waals surface area contributed by atoms with Crippen molar-refractivity contribution >= 4 is 0 Å². The fourth-order valence-corrected chi connectivity index (χ4v) is 2.16. The summed E-state index contributed by atoms with van der Waals surface area (Å²) >= 11 is 0. The van der Waals surface area contributed by atoms with Crippen molar-refractivity contribution in [2.24, 2.45) is 0 Å². The molecule has 0 aromatic rings. The van der Waals surface area contributed by atoms with Gasteiger partial charge < -0.3 is 0 Å². The maximum Gasteiger partial charge on any atom is 0.392 e. The molecule has 0 aromatic carbocycles. The second-order valence-corrected chi connectivity index (χ2v) is 4.36. The number of halogens is 7. The van der Waals surface area contributed by atoms with Gasteiger partial charge in [-0.3, -0.25) is 0 Å². The minimum absolute atomic E-state index is 0.188. The molecule has 0 amide bonds. The van der Waals surface area contributed by atoms with Crippen LogP contribution in [0.2, 0.25) is 0 Å². The quantitative estimate of drug-likeness (QED) is 0.632. The molecule has 17 heavy (non-hydrogen) atoms. The van der Waals surface area contributed by atoms with Crippen molar-refractivity contribution in [3.63, 3.8) is 0 Å². The van der Waals surface area contributed by atoms with Crippen LogP contribution in [0.15, 0.2) is 0 Å². The molecule has 1 saturated carbocycles. The van der Waals surface area contributed by atoms with Gasteiger partial charge in [0.25, 0.3) is 0 Å². The lowest BCUT2D eigenvalue weighted by atomic mass is 9.73. The molecule has 0 bridgehead atoms. The number of alkyl halides is 7. The van der Waals surface area contributed by atoms with Crippen molar-refractivity contribution in [3.8, 4) is 0 Å². The summed E-state index contributed by atoms with van der Waals surface area (Å²) in [7, 11) is 0. The van der Waals surface area contributed by atoms with Crippen LogP contribution in [-0.4, -0.2) is 18.0 Å². The van der Waals surface area contributed by atoms with E-state index in [-0.39, 0.29) is 12.8 Å². The first-order valence-electron chi connectivity index (χ1n) is 5.19. The van der Waals surface area contributed by atoms with E-state index in [4.69, 9.17) is 0 Å². The molecule has 0 aromatic heterocycles. The van der Waals surface area contributed by atoms with Crippen LogP contribution >= 0.6 is 0 Å². The molecule has 1 fully saturated rings. The molecule has 0 heterocycles. The highest BCUT2D eigenvalue weighted by molar-refractivity contribution is 5.13. The van der Waals surface area contributed by atoms with E-state index < -0.39 is 43.2 Å². The highest BCUT2D eigenvalue weighted by Gasteiger charge is 2.52. The first kappa shape index (κ1) is 14.6. The predicted octanol–water partition coefficient (Wildman–Crippen LogP) is 4.75. The van der Waals surface area contributed by atoms with E-state index in [1.165, 1.54) is 0 Å². The maximum absolute atomic E-state index is 14.0. The van der Waals surface area contributed by atoms with Crippen LogP contribution in [0.5, 0.6) is 0 Å². The number of hydrogen-bond donors (Lipinski definition) is 0. The molecular formula is C10H12F7. The van der Waals surface area contributed by atoms with Gasteiger partial charge in [-0.25, -0.2) is 4.39 Å².